The number of benzene rings is 2. The molecule has 0 radical (unpaired) electrons. The summed E-state index contributed by atoms with van der Waals surface area (Å²) in [5.74, 6) is -0.947. The number of ether oxygens (including phenoxy) is 1. The van der Waals surface area contributed by atoms with E-state index in [-0.39, 0.29) is 53.3 Å². The van der Waals surface area contributed by atoms with Crippen LogP contribution in [0.5, 0.6) is 11.8 Å². The Morgan fingerprint density at radius 2 is 1.88 bits per heavy atom. The minimum absolute atomic E-state index is 0.0580. The van der Waals surface area contributed by atoms with E-state index < -0.39 is 23.3 Å². The van der Waals surface area contributed by atoms with E-state index in [2.05, 4.69) is 20.0 Å². The molecule has 2 aromatic carbocycles. The molecule has 11 nitrogen and oxygen atoms in total. The normalized spacial score (nSPS) is 23.6. The molecule has 4 atom stereocenters. The van der Waals surface area contributed by atoms with Gasteiger partial charge in [0.05, 0.1) is 16.6 Å². The van der Waals surface area contributed by atoms with E-state index in [1.807, 2.05) is 32.6 Å². The second-order valence-corrected chi connectivity index (χ2v) is 14.5. The molecule has 52 heavy (non-hydrogen) atoms. The van der Waals surface area contributed by atoms with Gasteiger partial charge in [-0.15, -0.1) is 0 Å². The summed E-state index contributed by atoms with van der Waals surface area (Å²) in [6.45, 7) is 9.52. The van der Waals surface area contributed by atoms with E-state index in [1.165, 1.54) is 29.1 Å². The van der Waals surface area contributed by atoms with Gasteiger partial charge in [-0.05, 0) is 87.2 Å². The van der Waals surface area contributed by atoms with Crippen molar-refractivity contribution in [3.05, 3.63) is 65.6 Å². The molecule has 0 bridgehead atoms. The molecule has 0 unspecified atom stereocenters. The van der Waals surface area contributed by atoms with Crippen LogP contribution in [0.1, 0.15) is 51.3 Å². The molecule has 3 aliphatic rings. The van der Waals surface area contributed by atoms with Crippen molar-refractivity contribution in [2.24, 2.45) is 0 Å². The quantitative estimate of drug-likeness (QED) is 0.213. The van der Waals surface area contributed by atoms with Gasteiger partial charge in [0.25, 0.3) is 0 Å². The van der Waals surface area contributed by atoms with Gasteiger partial charge < -0.3 is 19.6 Å². The van der Waals surface area contributed by atoms with Gasteiger partial charge in [-0.25, -0.2) is 18.0 Å². The minimum Gasteiger partial charge on any atom is -0.508 e. The molecule has 0 saturated carbocycles. The first-order chi connectivity index (χ1) is 25.0. The van der Waals surface area contributed by atoms with Crippen LogP contribution >= 0.6 is 0 Å². The van der Waals surface area contributed by atoms with E-state index in [1.54, 1.807) is 23.2 Å². The number of carbonyl (C=O) groups excluding carboxylic acids is 1. The monoisotopic (exact) mass is 714 g/mol. The molecule has 3 fully saturated rings. The zero-order chi connectivity index (χ0) is 36.5. The maximum Gasteiger partial charge on any atom is 0.345 e. The lowest BCUT2D eigenvalue weighted by Gasteiger charge is -2.44. The Labute approximate surface area is 299 Å². The summed E-state index contributed by atoms with van der Waals surface area (Å²) >= 11 is 0. The summed E-state index contributed by atoms with van der Waals surface area (Å²) in [5, 5.41) is 16.3. The number of hydrogen-bond acceptors (Lipinski definition) is 9. The molecule has 272 valence electrons. The fraction of sp³-hybridized carbons (Fsp3) is 0.447. The van der Waals surface area contributed by atoms with Crippen molar-refractivity contribution < 1.29 is 27.8 Å². The number of alkyl halides is 1. The van der Waals surface area contributed by atoms with Crippen LogP contribution in [0.3, 0.4) is 0 Å². The third-order valence-electron chi connectivity index (χ3n) is 11.0. The van der Waals surface area contributed by atoms with Crippen LogP contribution in [0.25, 0.3) is 32.9 Å². The molecule has 14 heteroatoms. The molecule has 3 aromatic heterocycles. The fourth-order valence-electron chi connectivity index (χ4n) is 8.71. The molecular weight excluding hydrogens is 673 g/mol. The van der Waals surface area contributed by atoms with E-state index >= 15 is 8.78 Å². The molecule has 1 amide bonds. The number of nitrogens with zero attached hydrogens (tertiary/aromatic N) is 8. The molecule has 5 aromatic rings. The van der Waals surface area contributed by atoms with Crippen molar-refractivity contribution in [2.75, 3.05) is 37.7 Å². The Hall–Kier alpha value is -4.98. The highest BCUT2D eigenvalue weighted by Gasteiger charge is 2.49. The van der Waals surface area contributed by atoms with Gasteiger partial charge in [-0.1, -0.05) is 13.0 Å². The summed E-state index contributed by atoms with van der Waals surface area (Å²) in [6, 6.07) is 6.70. The molecular formula is C38H41F3N8O3. The highest BCUT2D eigenvalue weighted by atomic mass is 19.1. The predicted octanol–water partition coefficient (Wildman–Crippen LogP) is 6.42. The van der Waals surface area contributed by atoms with Crippen LogP contribution in [0.4, 0.5) is 23.8 Å². The highest BCUT2D eigenvalue weighted by molar-refractivity contribution is 6.01. The van der Waals surface area contributed by atoms with E-state index in [0.29, 0.717) is 60.0 Å². The second kappa shape index (κ2) is 12.9. The fourth-order valence-corrected chi connectivity index (χ4v) is 8.71. The number of anilines is 1. The van der Waals surface area contributed by atoms with Crippen LogP contribution in [0, 0.1) is 18.6 Å². The lowest BCUT2D eigenvalue weighted by molar-refractivity contribution is 0.107. The summed E-state index contributed by atoms with van der Waals surface area (Å²) in [5.41, 5.74) is 0.698. The van der Waals surface area contributed by atoms with E-state index in [9.17, 15) is 14.3 Å². The van der Waals surface area contributed by atoms with Crippen LogP contribution in [0.15, 0.2) is 42.7 Å². The van der Waals surface area contributed by atoms with Crippen LogP contribution in [-0.2, 0) is 6.42 Å². The Morgan fingerprint density at radius 3 is 2.62 bits per heavy atom. The predicted molar refractivity (Wildman–Crippen MR) is 191 cm³/mol. The summed E-state index contributed by atoms with van der Waals surface area (Å²) in [4.78, 5) is 33.4. The molecule has 0 spiro atoms. The van der Waals surface area contributed by atoms with Gasteiger partial charge in [0.1, 0.15) is 41.4 Å². The number of aryl methyl sites for hydroxylation is 2. The van der Waals surface area contributed by atoms with Crippen LogP contribution < -0.4 is 9.64 Å². The minimum atomic E-state index is -0.953. The molecule has 0 aliphatic carbocycles. The zero-order valence-electron chi connectivity index (χ0n) is 29.6. The Bertz CT molecular complexity index is 2200. The molecule has 3 saturated heterocycles. The standard InChI is InChI=1S/C38H41F3N8O3/c1-5-27-30(40)8-7-24-13-26(50)14-28(31(24)27)33-32(41)34-29(16-42-33)35(44-36(43-34)52-20-38-10-6-11-47(38)19-25(39)15-38)46-17-22(3)49(23(4)18-46)37(51)48-12-9-21(2)45-48/h7-9,12-14,16,22-23,25,50H,5-6,10-11,15,17-20H2,1-4H3/t22-,23-,25-,38+/m1/s1. The van der Waals surface area contributed by atoms with Crippen molar-refractivity contribution >= 4 is 33.5 Å². The smallest absolute Gasteiger partial charge is 0.345 e. The topological polar surface area (TPSA) is 113 Å². The van der Waals surface area contributed by atoms with Gasteiger partial charge in [-0.2, -0.15) is 19.7 Å². The average molecular weight is 715 g/mol. The summed E-state index contributed by atoms with van der Waals surface area (Å²) in [7, 11) is 0. The van der Waals surface area contributed by atoms with Gasteiger partial charge in [-0.3, -0.25) is 9.88 Å². The number of rotatable bonds is 6. The second-order valence-electron chi connectivity index (χ2n) is 14.5. The number of amides is 1. The third-order valence-corrected chi connectivity index (χ3v) is 11.0. The van der Waals surface area contributed by atoms with E-state index in [0.717, 1.165) is 25.1 Å². The van der Waals surface area contributed by atoms with Gasteiger partial charge in [0.2, 0.25) is 0 Å². The van der Waals surface area contributed by atoms with Crippen LogP contribution in [-0.4, -0.2) is 102 Å². The van der Waals surface area contributed by atoms with Crippen molar-refractivity contribution in [2.45, 2.75) is 77.2 Å². The summed E-state index contributed by atoms with van der Waals surface area (Å²) in [6.07, 6.45) is 4.57. The number of pyridine rings is 1. The van der Waals surface area contributed by atoms with Gasteiger partial charge in [0, 0.05) is 56.1 Å². The largest absolute Gasteiger partial charge is 0.508 e. The average Bonchev–Trinajstić information content (AvgIpc) is 3.80. The van der Waals surface area contributed by atoms with Crippen LogP contribution in [0.2, 0.25) is 0 Å². The first-order valence-electron chi connectivity index (χ1n) is 17.9. The molecule has 1 N–H and O–H groups in total. The van der Waals surface area contributed by atoms with Gasteiger partial charge >= 0.3 is 12.0 Å². The van der Waals surface area contributed by atoms with E-state index in [4.69, 9.17) is 9.72 Å². The van der Waals surface area contributed by atoms with Crippen molar-refractivity contribution in [3.63, 3.8) is 0 Å². The first-order valence-corrected chi connectivity index (χ1v) is 17.9. The maximum absolute atomic E-state index is 17.1. The number of aromatic hydroxyl groups is 1. The summed E-state index contributed by atoms with van der Waals surface area (Å²) < 4.78 is 54.4. The number of carbonyl (C=O) groups is 1. The molecule has 3 aliphatic heterocycles. The number of hydrogen-bond donors (Lipinski definition) is 1. The zero-order valence-corrected chi connectivity index (χ0v) is 29.6. The lowest BCUT2D eigenvalue weighted by atomic mass is 9.94. The van der Waals surface area contributed by atoms with Gasteiger partial charge in [0.15, 0.2) is 5.82 Å². The highest BCUT2D eigenvalue weighted by Crippen LogP contribution is 2.42. The Morgan fingerprint density at radius 1 is 1.10 bits per heavy atom. The lowest BCUT2D eigenvalue weighted by Crippen LogP contribution is -2.60. The van der Waals surface area contributed by atoms with Crippen molar-refractivity contribution in [1.29, 1.82) is 0 Å². The number of phenols is 1. The molecule has 6 heterocycles. The maximum atomic E-state index is 17.1. The number of phenolic OH excluding ortho intramolecular Hbond substituents is 1. The number of fused-ring (bicyclic) bond motifs is 3. The number of halogens is 3. The van der Waals surface area contributed by atoms with Crippen molar-refractivity contribution in [1.82, 2.24) is 34.5 Å². The Kier molecular flexibility index (Phi) is 8.47. The van der Waals surface area contributed by atoms with Crippen molar-refractivity contribution in [3.8, 4) is 23.0 Å². The SMILES string of the molecule is CCc1c(F)ccc2cc(O)cc(-c3ncc4c(N5C[C@@H](C)N(C(=O)n6ccc(C)n6)[C@H](C)C5)nc(OC[C@@]56CCCN5C[C@H](F)C6)nc4c3F)c12. The third kappa shape index (κ3) is 5.67. The first kappa shape index (κ1) is 34.1. The Balaban J connectivity index is 1.23. The number of piperazine rings is 1. The molecule has 8 rings (SSSR count). The number of aromatic nitrogens is 5.